The van der Waals surface area contributed by atoms with Gasteiger partial charge in [-0.2, -0.15) is 0 Å². The number of para-hydroxylation sites is 1. The predicted molar refractivity (Wildman–Crippen MR) is 113 cm³/mol. The highest BCUT2D eigenvalue weighted by Gasteiger charge is 2.49. The average molecular weight is 424 g/mol. The van der Waals surface area contributed by atoms with Gasteiger partial charge >= 0.3 is 6.09 Å². The van der Waals surface area contributed by atoms with Crippen molar-refractivity contribution in [3.8, 4) is 10.6 Å². The number of hydrogen-bond acceptors (Lipinski definition) is 8. The summed E-state index contributed by atoms with van der Waals surface area (Å²) in [4.78, 5) is 22.2. The van der Waals surface area contributed by atoms with Gasteiger partial charge in [0.1, 0.15) is 12.2 Å². The van der Waals surface area contributed by atoms with Crippen LogP contribution < -0.4 is 10.6 Å². The second-order valence-electron chi connectivity index (χ2n) is 7.02. The topological polar surface area (TPSA) is 94.6 Å². The number of nitrogens with zero attached hydrogens (tertiary/aromatic N) is 2. The Hall–Kier alpha value is -3.01. The lowest BCUT2D eigenvalue weighted by molar-refractivity contribution is 0.00917. The van der Waals surface area contributed by atoms with Crippen LogP contribution in [0, 0.1) is 0 Å². The summed E-state index contributed by atoms with van der Waals surface area (Å²) < 4.78 is 17.3. The standard InChI is InChI=1S/C21H20N4O4S/c26-21(23-13-5-2-1-3-6-13)29-16-12-28-18-15(11-27-19(16)18)25-20-22-9-8-14(24-20)17-7-4-10-30-17/h1-10,15-16,18-19H,11-12H2,(H,23,26)(H,22,24,25)/t15-,16+,18+,19+/m0/s1. The summed E-state index contributed by atoms with van der Waals surface area (Å²) in [6.45, 7) is 0.702. The van der Waals surface area contributed by atoms with Gasteiger partial charge < -0.3 is 19.5 Å². The maximum atomic E-state index is 12.2. The Morgan fingerprint density at radius 2 is 1.93 bits per heavy atom. The SMILES string of the molecule is O=C(Nc1ccccc1)O[C@@H]1CO[C@H]2[C@@H]1OC[C@@H]2Nc1nccc(-c2cccs2)n1. The monoisotopic (exact) mass is 424 g/mol. The number of rotatable bonds is 5. The number of thiophene rings is 1. The molecule has 2 aliphatic heterocycles. The third-order valence-electron chi connectivity index (χ3n) is 5.03. The van der Waals surface area contributed by atoms with E-state index < -0.39 is 12.2 Å². The molecule has 1 amide bonds. The van der Waals surface area contributed by atoms with Crippen LogP contribution in [0.1, 0.15) is 0 Å². The summed E-state index contributed by atoms with van der Waals surface area (Å²) in [7, 11) is 0. The summed E-state index contributed by atoms with van der Waals surface area (Å²) in [6.07, 6.45) is 0.164. The van der Waals surface area contributed by atoms with Crippen LogP contribution in [-0.2, 0) is 14.2 Å². The first-order valence-corrected chi connectivity index (χ1v) is 10.5. The van der Waals surface area contributed by atoms with Crippen LogP contribution in [0.4, 0.5) is 16.4 Å². The van der Waals surface area contributed by atoms with Gasteiger partial charge in [-0.25, -0.2) is 14.8 Å². The highest BCUT2D eigenvalue weighted by molar-refractivity contribution is 7.13. The van der Waals surface area contributed by atoms with Crippen molar-refractivity contribution in [2.45, 2.75) is 24.4 Å². The van der Waals surface area contributed by atoms with Crippen molar-refractivity contribution >= 4 is 29.1 Å². The van der Waals surface area contributed by atoms with E-state index in [1.54, 1.807) is 29.7 Å². The molecule has 154 valence electrons. The average Bonchev–Trinajstić information content (AvgIpc) is 3.50. The van der Waals surface area contributed by atoms with Gasteiger partial charge in [0.05, 0.1) is 29.8 Å². The second-order valence-corrected chi connectivity index (χ2v) is 7.97. The van der Waals surface area contributed by atoms with Crippen LogP contribution in [0.2, 0.25) is 0 Å². The molecule has 2 aromatic heterocycles. The Morgan fingerprint density at radius 3 is 2.77 bits per heavy atom. The van der Waals surface area contributed by atoms with Crippen LogP contribution in [0.5, 0.6) is 0 Å². The van der Waals surface area contributed by atoms with E-state index in [0.29, 0.717) is 18.2 Å². The van der Waals surface area contributed by atoms with Crippen molar-refractivity contribution in [3.63, 3.8) is 0 Å². The van der Waals surface area contributed by atoms with E-state index in [-0.39, 0.29) is 24.9 Å². The van der Waals surface area contributed by atoms with E-state index >= 15 is 0 Å². The molecule has 5 rings (SSSR count). The molecule has 0 unspecified atom stereocenters. The summed E-state index contributed by atoms with van der Waals surface area (Å²) in [5, 5.41) is 8.03. The summed E-state index contributed by atoms with van der Waals surface area (Å²) in [5.41, 5.74) is 1.54. The van der Waals surface area contributed by atoms with E-state index in [1.807, 2.05) is 41.8 Å². The van der Waals surface area contributed by atoms with Crippen LogP contribution >= 0.6 is 11.3 Å². The smallest absolute Gasteiger partial charge is 0.412 e. The molecule has 2 saturated heterocycles. The predicted octanol–water partition coefficient (Wildman–Crippen LogP) is 3.40. The number of carbonyl (C=O) groups is 1. The maximum Gasteiger partial charge on any atom is 0.412 e. The zero-order chi connectivity index (χ0) is 20.3. The molecule has 2 N–H and O–H groups in total. The number of carbonyl (C=O) groups excluding carboxylic acids is 1. The second kappa shape index (κ2) is 8.39. The Balaban J connectivity index is 1.20. The zero-order valence-electron chi connectivity index (χ0n) is 15.9. The molecule has 2 aliphatic rings. The number of aromatic nitrogens is 2. The lowest BCUT2D eigenvalue weighted by atomic mass is 10.1. The van der Waals surface area contributed by atoms with Crippen molar-refractivity contribution in [2.75, 3.05) is 23.8 Å². The van der Waals surface area contributed by atoms with Gasteiger partial charge in [0, 0.05) is 11.9 Å². The normalized spacial score (nSPS) is 24.9. The number of benzene rings is 1. The minimum atomic E-state index is -0.526. The summed E-state index contributed by atoms with van der Waals surface area (Å²) in [6, 6.07) is 14.9. The third kappa shape index (κ3) is 4.00. The molecule has 2 fully saturated rings. The molecule has 1 aromatic carbocycles. The fourth-order valence-corrected chi connectivity index (χ4v) is 4.35. The van der Waals surface area contributed by atoms with Gasteiger partial charge in [-0.15, -0.1) is 11.3 Å². The van der Waals surface area contributed by atoms with Gasteiger partial charge in [-0.05, 0) is 29.6 Å². The van der Waals surface area contributed by atoms with E-state index in [1.165, 1.54) is 0 Å². The fourth-order valence-electron chi connectivity index (χ4n) is 3.65. The van der Waals surface area contributed by atoms with E-state index in [0.717, 1.165) is 10.6 Å². The molecule has 8 nitrogen and oxygen atoms in total. The molecule has 4 heterocycles. The van der Waals surface area contributed by atoms with Crippen LogP contribution in [0.3, 0.4) is 0 Å². The molecule has 3 aromatic rings. The van der Waals surface area contributed by atoms with Crippen LogP contribution in [0.15, 0.2) is 60.1 Å². The molecule has 9 heteroatoms. The molecule has 0 aliphatic carbocycles. The quantitative estimate of drug-likeness (QED) is 0.648. The lowest BCUT2D eigenvalue weighted by Crippen LogP contribution is -2.38. The molecule has 0 spiro atoms. The van der Waals surface area contributed by atoms with Crippen molar-refractivity contribution < 1.29 is 19.0 Å². The van der Waals surface area contributed by atoms with Gasteiger partial charge in [0.2, 0.25) is 5.95 Å². The zero-order valence-corrected chi connectivity index (χ0v) is 16.7. The van der Waals surface area contributed by atoms with Crippen molar-refractivity contribution in [3.05, 3.63) is 60.1 Å². The molecule has 0 bridgehead atoms. The highest BCUT2D eigenvalue weighted by Crippen LogP contribution is 2.31. The van der Waals surface area contributed by atoms with Crippen molar-refractivity contribution in [1.29, 1.82) is 0 Å². The minimum absolute atomic E-state index is 0.126. The van der Waals surface area contributed by atoms with Crippen LogP contribution in [-0.4, -0.2) is 53.6 Å². The van der Waals surface area contributed by atoms with E-state index in [4.69, 9.17) is 14.2 Å². The largest absolute Gasteiger partial charge is 0.441 e. The Morgan fingerprint density at radius 1 is 1.07 bits per heavy atom. The molecular weight excluding hydrogens is 404 g/mol. The maximum absolute atomic E-state index is 12.2. The van der Waals surface area contributed by atoms with Gasteiger partial charge in [0.15, 0.2) is 6.10 Å². The number of nitrogens with one attached hydrogen (secondary N) is 2. The Labute approximate surface area is 177 Å². The fraction of sp³-hybridized carbons (Fsp3) is 0.286. The number of fused-ring (bicyclic) bond motifs is 1. The Bertz CT molecular complexity index is 1000. The van der Waals surface area contributed by atoms with E-state index in [9.17, 15) is 4.79 Å². The molecule has 4 atom stereocenters. The van der Waals surface area contributed by atoms with Gasteiger partial charge in [0.25, 0.3) is 0 Å². The summed E-state index contributed by atoms with van der Waals surface area (Å²) >= 11 is 1.63. The molecule has 0 saturated carbocycles. The lowest BCUT2D eigenvalue weighted by Gasteiger charge is -2.18. The summed E-state index contributed by atoms with van der Waals surface area (Å²) in [5.74, 6) is 0.518. The van der Waals surface area contributed by atoms with Gasteiger partial charge in [-0.1, -0.05) is 24.3 Å². The first-order chi connectivity index (χ1) is 14.8. The highest BCUT2D eigenvalue weighted by atomic mass is 32.1. The van der Waals surface area contributed by atoms with Crippen molar-refractivity contribution in [2.24, 2.45) is 0 Å². The first-order valence-electron chi connectivity index (χ1n) is 9.65. The van der Waals surface area contributed by atoms with Crippen molar-refractivity contribution in [1.82, 2.24) is 9.97 Å². The number of anilines is 2. The number of hydrogen-bond donors (Lipinski definition) is 2. The molecular formula is C21H20N4O4S. The third-order valence-corrected chi connectivity index (χ3v) is 5.92. The number of ether oxygens (including phenoxy) is 3. The Kier molecular flexibility index (Phi) is 5.31. The van der Waals surface area contributed by atoms with Gasteiger partial charge in [-0.3, -0.25) is 5.32 Å². The van der Waals surface area contributed by atoms with Crippen LogP contribution in [0.25, 0.3) is 10.6 Å². The first kappa shape index (κ1) is 19.0. The molecule has 30 heavy (non-hydrogen) atoms. The minimum Gasteiger partial charge on any atom is -0.441 e. The van der Waals surface area contributed by atoms with E-state index in [2.05, 4.69) is 20.6 Å². The number of amides is 1. The molecule has 0 radical (unpaired) electrons.